The molecule has 1 heterocycles. The third-order valence-corrected chi connectivity index (χ3v) is 5.05. The third-order valence-electron chi connectivity index (χ3n) is 5.05. The molecule has 4 heteroatoms. The average Bonchev–Trinajstić information content (AvgIpc) is 2.91. The molecule has 0 bridgehead atoms. The number of aryl methyl sites for hydroxylation is 2. The summed E-state index contributed by atoms with van der Waals surface area (Å²) in [7, 11) is 0. The highest BCUT2D eigenvalue weighted by Gasteiger charge is 2.34. The molecule has 1 amide bonds. The van der Waals surface area contributed by atoms with E-state index in [9.17, 15) is 4.79 Å². The van der Waals surface area contributed by atoms with Crippen LogP contribution in [0.1, 0.15) is 43.4 Å². The van der Waals surface area contributed by atoms with Crippen LogP contribution in [0.15, 0.2) is 47.5 Å². The first-order valence-electron chi connectivity index (χ1n) is 9.84. The second-order valence-electron chi connectivity index (χ2n) is 7.24. The highest BCUT2D eigenvalue weighted by molar-refractivity contribution is 6.54. The molecule has 4 nitrogen and oxygen atoms in total. The number of rotatable bonds is 7. The lowest BCUT2D eigenvalue weighted by atomic mass is 10.1. The molecule has 0 saturated carbocycles. The van der Waals surface area contributed by atoms with Crippen LogP contribution in [-0.4, -0.2) is 36.3 Å². The van der Waals surface area contributed by atoms with Gasteiger partial charge >= 0.3 is 0 Å². The molecule has 0 spiro atoms. The second kappa shape index (κ2) is 8.49. The molecular formula is C23H29N3O. The monoisotopic (exact) mass is 363 g/mol. The fraction of sp³-hybridized carbons (Fsp3) is 0.391. The lowest BCUT2D eigenvalue weighted by Crippen LogP contribution is -2.41. The number of amides is 1. The van der Waals surface area contributed by atoms with Gasteiger partial charge in [0.15, 0.2) is 0 Å². The number of nitrogens with zero attached hydrogens (tertiary/aromatic N) is 3. The summed E-state index contributed by atoms with van der Waals surface area (Å²) in [6, 6.07) is 14.1. The molecule has 1 aliphatic heterocycles. The molecule has 0 N–H and O–H groups in total. The van der Waals surface area contributed by atoms with E-state index in [0.29, 0.717) is 12.4 Å². The number of carbonyl (C=O) groups excluding carboxylic acids is 1. The third kappa shape index (κ3) is 4.11. The van der Waals surface area contributed by atoms with E-state index in [-0.39, 0.29) is 5.91 Å². The van der Waals surface area contributed by atoms with E-state index < -0.39 is 0 Å². The van der Waals surface area contributed by atoms with Crippen molar-refractivity contribution in [3.8, 4) is 0 Å². The van der Waals surface area contributed by atoms with Crippen molar-refractivity contribution < 1.29 is 4.79 Å². The maximum absolute atomic E-state index is 13.2. The van der Waals surface area contributed by atoms with Gasteiger partial charge in [-0.1, -0.05) is 38.1 Å². The van der Waals surface area contributed by atoms with Crippen LogP contribution >= 0.6 is 0 Å². The van der Waals surface area contributed by atoms with Gasteiger partial charge in [-0.3, -0.25) is 14.6 Å². The standard InChI is InChI=1S/C23H29N3O/c1-5-13-25(14-6-2)16-26-21-10-8-7-9-20(21)22(23(26)27)24-19-12-11-17(3)18(4)15-19/h7-12,15H,5-6,13-14,16H2,1-4H3. The minimum absolute atomic E-state index is 0.00775. The molecule has 142 valence electrons. The first-order chi connectivity index (χ1) is 13.0. The number of aliphatic imine (C=N–C) groups is 1. The van der Waals surface area contributed by atoms with Crippen LogP contribution in [0.25, 0.3) is 0 Å². The molecular weight excluding hydrogens is 334 g/mol. The first kappa shape index (κ1) is 19.3. The molecule has 0 atom stereocenters. The van der Waals surface area contributed by atoms with Gasteiger partial charge in [-0.15, -0.1) is 0 Å². The largest absolute Gasteiger partial charge is 0.293 e. The Morgan fingerprint density at radius 3 is 2.33 bits per heavy atom. The van der Waals surface area contributed by atoms with E-state index in [1.54, 1.807) is 0 Å². The van der Waals surface area contributed by atoms with E-state index in [4.69, 9.17) is 4.99 Å². The van der Waals surface area contributed by atoms with E-state index >= 15 is 0 Å². The van der Waals surface area contributed by atoms with Gasteiger partial charge in [0, 0.05) is 5.56 Å². The molecule has 0 radical (unpaired) electrons. The van der Waals surface area contributed by atoms with Crippen molar-refractivity contribution in [1.29, 1.82) is 0 Å². The Morgan fingerprint density at radius 2 is 1.67 bits per heavy atom. The van der Waals surface area contributed by atoms with Gasteiger partial charge < -0.3 is 0 Å². The zero-order chi connectivity index (χ0) is 19.4. The van der Waals surface area contributed by atoms with Crippen molar-refractivity contribution >= 4 is 23.0 Å². The quantitative estimate of drug-likeness (QED) is 0.705. The molecule has 2 aromatic carbocycles. The Hall–Kier alpha value is -2.46. The average molecular weight is 364 g/mol. The van der Waals surface area contributed by atoms with Crippen molar-refractivity contribution in [1.82, 2.24) is 4.90 Å². The van der Waals surface area contributed by atoms with Gasteiger partial charge in [0.05, 0.1) is 18.0 Å². The van der Waals surface area contributed by atoms with Crippen molar-refractivity contribution in [2.24, 2.45) is 4.99 Å². The van der Waals surface area contributed by atoms with E-state index in [1.165, 1.54) is 11.1 Å². The van der Waals surface area contributed by atoms with Crippen molar-refractivity contribution in [3.05, 3.63) is 59.2 Å². The summed E-state index contributed by atoms with van der Waals surface area (Å²) in [5.41, 5.74) is 5.67. The number of fused-ring (bicyclic) bond motifs is 1. The lowest BCUT2D eigenvalue weighted by molar-refractivity contribution is -0.112. The maximum atomic E-state index is 13.2. The van der Waals surface area contributed by atoms with Gasteiger partial charge in [-0.2, -0.15) is 0 Å². The summed E-state index contributed by atoms with van der Waals surface area (Å²) >= 11 is 0. The van der Waals surface area contributed by atoms with Gasteiger partial charge in [0.2, 0.25) is 0 Å². The lowest BCUT2D eigenvalue weighted by Gasteiger charge is -2.27. The van der Waals surface area contributed by atoms with Crippen LogP contribution in [0.2, 0.25) is 0 Å². The number of hydrogen-bond donors (Lipinski definition) is 0. The summed E-state index contributed by atoms with van der Waals surface area (Å²) in [5, 5.41) is 0. The van der Waals surface area contributed by atoms with Gasteiger partial charge in [0.25, 0.3) is 5.91 Å². The van der Waals surface area contributed by atoms with Crippen molar-refractivity contribution in [2.75, 3.05) is 24.7 Å². The molecule has 3 rings (SSSR count). The molecule has 0 fully saturated rings. The van der Waals surface area contributed by atoms with Gasteiger partial charge in [-0.05, 0) is 69.1 Å². The molecule has 27 heavy (non-hydrogen) atoms. The van der Waals surface area contributed by atoms with Crippen LogP contribution in [0.4, 0.5) is 11.4 Å². The van der Waals surface area contributed by atoms with Crippen LogP contribution in [0.3, 0.4) is 0 Å². The number of benzene rings is 2. The zero-order valence-electron chi connectivity index (χ0n) is 16.8. The minimum atomic E-state index is -0.00775. The molecule has 2 aromatic rings. The summed E-state index contributed by atoms with van der Waals surface area (Å²) in [6.07, 6.45) is 2.15. The first-order valence-corrected chi connectivity index (χ1v) is 9.84. The summed E-state index contributed by atoms with van der Waals surface area (Å²) < 4.78 is 0. The Morgan fingerprint density at radius 1 is 0.963 bits per heavy atom. The SMILES string of the molecule is CCCN(CCC)CN1C(=O)C(=Nc2ccc(C)c(C)c2)c2ccccc21. The summed E-state index contributed by atoms with van der Waals surface area (Å²) in [6.45, 7) is 11.1. The Balaban J connectivity index is 1.96. The van der Waals surface area contributed by atoms with E-state index in [0.717, 1.165) is 42.9 Å². The summed E-state index contributed by atoms with van der Waals surface area (Å²) in [5.74, 6) is -0.00775. The molecule has 0 unspecified atom stereocenters. The summed E-state index contributed by atoms with van der Waals surface area (Å²) in [4.78, 5) is 22.2. The second-order valence-corrected chi connectivity index (χ2v) is 7.24. The fourth-order valence-electron chi connectivity index (χ4n) is 3.52. The van der Waals surface area contributed by atoms with Crippen LogP contribution in [-0.2, 0) is 4.79 Å². The van der Waals surface area contributed by atoms with Gasteiger partial charge in [0.1, 0.15) is 5.71 Å². The minimum Gasteiger partial charge on any atom is -0.293 e. The Bertz CT molecular complexity index is 850. The number of carbonyl (C=O) groups is 1. The Labute approximate surface area is 162 Å². The number of para-hydroxylation sites is 1. The van der Waals surface area contributed by atoms with Crippen LogP contribution in [0, 0.1) is 13.8 Å². The smallest absolute Gasteiger partial charge is 0.278 e. The number of anilines is 1. The van der Waals surface area contributed by atoms with Crippen LogP contribution in [0.5, 0.6) is 0 Å². The van der Waals surface area contributed by atoms with Crippen LogP contribution < -0.4 is 4.90 Å². The number of hydrogen-bond acceptors (Lipinski definition) is 3. The van der Waals surface area contributed by atoms with E-state index in [1.807, 2.05) is 41.3 Å². The van der Waals surface area contributed by atoms with Crippen molar-refractivity contribution in [2.45, 2.75) is 40.5 Å². The predicted molar refractivity (Wildman–Crippen MR) is 113 cm³/mol. The topological polar surface area (TPSA) is 35.9 Å². The normalized spacial score (nSPS) is 15.1. The van der Waals surface area contributed by atoms with Gasteiger partial charge in [-0.25, -0.2) is 4.99 Å². The van der Waals surface area contributed by atoms with Crippen molar-refractivity contribution in [3.63, 3.8) is 0 Å². The highest BCUT2D eigenvalue weighted by atomic mass is 16.2. The highest BCUT2D eigenvalue weighted by Crippen LogP contribution is 2.31. The maximum Gasteiger partial charge on any atom is 0.278 e. The van der Waals surface area contributed by atoms with E-state index in [2.05, 4.69) is 38.7 Å². The Kier molecular flexibility index (Phi) is 6.07. The molecule has 0 saturated heterocycles. The molecule has 0 aliphatic carbocycles. The fourth-order valence-corrected chi connectivity index (χ4v) is 3.52. The predicted octanol–water partition coefficient (Wildman–Crippen LogP) is 4.85. The molecule has 0 aromatic heterocycles. The molecule has 1 aliphatic rings. The zero-order valence-corrected chi connectivity index (χ0v) is 16.8.